The molecule has 0 fully saturated rings. The van der Waals surface area contributed by atoms with Gasteiger partial charge in [0.25, 0.3) is 5.56 Å². The van der Waals surface area contributed by atoms with Crippen molar-refractivity contribution in [2.24, 2.45) is 0 Å². The zero-order valence-corrected chi connectivity index (χ0v) is 14.4. The van der Waals surface area contributed by atoms with E-state index in [1.165, 1.54) is 0 Å². The molecular weight excluding hydrogens is 340 g/mol. The number of H-pyrrole nitrogens is 1. The zero-order valence-electron chi connectivity index (χ0n) is 13.6. The zero-order chi connectivity index (χ0) is 17.8. The summed E-state index contributed by atoms with van der Waals surface area (Å²) in [7, 11) is 1.78. The van der Waals surface area contributed by atoms with E-state index in [2.05, 4.69) is 15.3 Å². The predicted octanol–water partition coefficient (Wildman–Crippen LogP) is 2.65. The summed E-state index contributed by atoms with van der Waals surface area (Å²) < 4.78 is 0. The highest BCUT2D eigenvalue weighted by atomic mass is 35.5. The number of para-hydroxylation sites is 1. The molecule has 1 heterocycles. The van der Waals surface area contributed by atoms with Crippen molar-refractivity contribution in [3.63, 3.8) is 0 Å². The molecule has 25 heavy (non-hydrogen) atoms. The standard InChI is InChI=1S/C18H17ClN4O2/c1-23(11-17(24)20-13-6-4-5-12(19)9-13)10-16-21-15-8-3-2-7-14(15)18(25)22-16/h2-9H,10-11H2,1H3,(H,20,24)(H,21,22,25). The number of hydrogen-bond acceptors (Lipinski definition) is 4. The maximum atomic E-state index is 12.1. The number of aromatic amines is 1. The first-order chi connectivity index (χ1) is 12.0. The first-order valence-corrected chi connectivity index (χ1v) is 8.11. The average molecular weight is 357 g/mol. The normalized spacial score (nSPS) is 11.0. The maximum absolute atomic E-state index is 12.1. The minimum Gasteiger partial charge on any atom is -0.325 e. The van der Waals surface area contributed by atoms with E-state index in [0.717, 1.165) is 0 Å². The number of aromatic nitrogens is 2. The van der Waals surface area contributed by atoms with Gasteiger partial charge in [0.15, 0.2) is 0 Å². The summed E-state index contributed by atoms with van der Waals surface area (Å²) in [5.74, 6) is 0.342. The van der Waals surface area contributed by atoms with Gasteiger partial charge < -0.3 is 10.3 Å². The van der Waals surface area contributed by atoms with Crippen molar-refractivity contribution in [3.8, 4) is 0 Å². The Bertz CT molecular complexity index is 970. The van der Waals surface area contributed by atoms with Crippen LogP contribution in [0, 0.1) is 0 Å². The SMILES string of the molecule is CN(CC(=O)Nc1cccc(Cl)c1)Cc1nc2ccccc2c(=O)[nH]1. The van der Waals surface area contributed by atoms with E-state index in [1.807, 2.05) is 6.07 Å². The van der Waals surface area contributed by atoms with Crippen molar-refractivity contribution < 1.29 is 4.79 Å². The van der Waals surface area contributed by atoms with Crippen LogP contribution in [0.15, 0.2) is 53.3 Å². The molecule has 6 nitrogen and oxygen atoms in total. The van der Waals surface area contributed by atoms with Crippen molar-refractivity contribution >= 4 is 34.1 Å². The van der Waals surface area contributed by atoms with E-state index in [1.54, 1.807) is 54.4 Å². The van der Waals surface area contributed by atoms with E-state index >= 15 is 0 Å². The third-order valence-corrected chi connectivity index (χ3v) is 3.84. The quantitative estimate of drug-likeness (QED) is 0.736. The highest BCUT2D eigenvalue weighted by Crippen LogP contribution is 2.14. The lowest BCUT2D eigenvalue weighted by atomic mass is 10.2. The van der Waals surface area contributed by atoms with Crippen LogP contribution in [0.25, 0.3) is 10.9 Å². The Kier molecular flexibility index (Phi) is 5.11. The van der Waals surface area contributed by atoms with Crippen LogP contribution in [-0.4, -0.2) is 34.4 Å². The number of benzene rings is 2. The largest absolute Gasteiger partial charge is 0.325 e. The lowest BCUT2D eigenvalue weighted by Crippen LogP contribution is -2.31. The van der Waals surface area contributed by atoms with Crippen LogP contribution in [0.4, 0.5) is 5.69 Å². The molecule has 0 bridgehead atoms. The smallest absolute Gasteiger partial charge is 0.258 e. The van der Waals surface area contributed by atoms with E-state index in [0.29, 0.717) is 34.0 Å². The Labute approximate surface area is 149 Å². The Morgan fingerprint density at radius 3 is 2.84 bits per heavy atom. The van der Waals surface area contributed by atoms with Crippen LogP contribution in [-0.2, 0) is 11.3 Å². The lowest BCUT2D eigenvalue weighted by molar-refractivity contribution is -0.117. The molecule has 0 radical (unpaired) electrons. The molecule has 0 aliphatic rings. The van der Waals surface area contributed by atoms with Crippen LogP contribution >= 0.6 is 11.6 Å². The first kappa shape index (κ1) is 17.1. The molecule has 1 aromatic heterocycles. The maximum Gasteiger partial charge on any atom is 0.258 e. The number of anilines is 1. The van der Waals surface area contributed by atoms with Crippen LogP contribution < -0.4 is 10.9 Å². The molecule has 0 spiro atoms. The monoisotopic (exact) mass is 356 g/mol. The number of nitrogens with one attached hydrogen (secondary N) is 2. The van der Waals surface area contributed by atoms with Gasteiger partial charge in [-0.25, -0.2) is 4.98 Å². The number of likely N-dealkylation sites (N-methyl/N-ethyl adjacent to an activating group) is 1. The molecule has 2 aromatic carbocycles. The van der Waals surface area contributed by atoms with Crippen molar-refractivity contribution in [1.29, 1.82) is 0 Å². The van der Waals surface area contributed by atoms with Gasteiger partial charge in [0.1, 0.15) is 5.82 Å². The Morgan fingerprint density at radius 2 is 2.04 bits per heavy atom. The summed E-state index contributed by atoms with van der Waals surface area (Å²) in [4.78, 5) is 33.1. The summed E-state index contributed by atoms with van der Waals surface area (Å²) in [6, 6.07) is 14.1. The number of fused-ring (bicyclic) bond motifs is 1. The molecule has 3 aromatic rings. The summed E-state index contributed by atoms with van der Waals surface area (Å²) in [5, 5.41) is 3.89. The molecule has 0 aliphatic heterocycles. The molecule has 3 rings (SSSR count). The highest BCUT2D eigenvalue weighted by molar-refractivity contribution is 6.30. The second-order valence-corrected chi connectivity index (χ2v) is 6.20. The molecule has 2 N–H and O–H groups in total. The van der Waals surface area contributed by atoms with Crippen LogP contribution in [0.3, 0.4) is 0 Å². The molecule has 1 amide bonds. The van der Waals surface area contributed by atoms with Crippen molar-refractivity contribution in [2.45, 2.75) is 6.54 Å². The van der Waals surface area contributed by atoms with Crippen LogP contribution in [0.2, 0.25) is 5.02 Å². The van der Waals surface area contributed by atoms with E-state index in [4.69, 9.17) is 11.6 Å². The van der Waals surface area contributed by atoms with Gasteiger partial charge in [0.05, 0.1) is 24.0 Å². The van der Waals surface area contributed by atoms with Gasteiger partial charge in [-0.15, -0.1) is 0 Å². The molecule has 7 heteroatoms. The fraction of sp³-hybridized carbons (Fsp3) is 0.167. The number of nitrogens with zero attached hydrogens (tertiary/aromatic N) is 2. The highest BCUT2D eigenvalue weighted by Gasteiger charge is 2.10. The molecular formula is C18H17ClN4O2. The molecule has 0 atom stereocenters. The van der Waals surface area contributed by atoms with Gasteiger partial charge in [-0.05, 0) is 37.4 Å². The first-order valence-electron chi connectivity index (χ1n) is 7.73. The lowest BCUT2D eigenvalue weighted by Gasteiger charge is -2.16. The predicted molar refractivity (Wildman–Crippen MR) is 98.8 cm³/mol. The number of amides is 1. The fourth-order valence-electron chi connectivity index (χ4n) is 2.53. The number of hydrogen-bond donors (Lipinski definition) is 2. The summed E-state index contributed by atoms with van der Waals surface area (Å²) in [6.07, 6.45) is 0. The third-order valence-electron chi connectivity index (χ3n) is 3.60. The molecule has 0 saturated heterocycles. The number of rotatable bonds is 5. The van der Waals surface area contributed by atoms with Crippen molar-refractivity contribution in [1.82, 2.24) is 14.9 Å². The fourth-order valence-corrected chi connectivity index (χ4v) is 2.72. The number of carbonyl (C=O) groups is 1. The van der Waals surface area contributed by atoms with Gasteiger partial charge in [-0.3, -0.25) is 14.5 Å². The molecule has 128 valence electrons. The summed E-state index contributed by atoms with van der Waals surface area (Å²) >= 11 is 5.90. The minimum absolute atomic E-state index is 0.156. The van der Waals surface area contributed by atoms with Crippen LogP contribution in [0.5, 0.6) is 0 Å². The second kappa shape index (κ2) is 7.46. The van der Waals surface area contributed by atoms with Gasteiger partial charge in [0, 0.05) is 10.7 Å². The summed E-state index contributed by atoms with van der Waals surface area (Å²) in [6.45, 7) is 0.506. The topological polar surface area (TPSA) is 78.1 Å². The molecule has 0 saturated carbocycles. The van der Waals surface area contributed by atoms with E-state index < -0.39 is 0 Å². The van der Waals surface area contributed by atoms with Gasteiger partial charge >= 0.3 is 0 Å². The van der Waals surface area contributed by atoms with Crippen molar-refractivity contribution in [2.75, 3.05) is 18.9 Å². The van der Waals surface area contributed by atoms with Crippen LogP contribution in [0.1, 0.15) is 5.82 Å². The second-order valence-electron chi connectivity index (χ2n) is 5.76. The minimum atomic E-state index is -0.183. The van der Waals surface area contributed by atoms with Gasteiger partial charge in [-0.1, -0.05) is 29.8 Å². The Balaban J connectivity index is 1.65. The number of carbonyl (C=O) groups excluding carboxylic acids is 1. The Hall–Kier alpha value is -2.70. The van der Waals surface area contributed by atoms with E-state index in [-0.39, 0.29) is 18.0 Å². The van der Waals surface area contributed by atoms with Gasteiger partial charge in [-0.2, -0.15) is 0 Å². The van der Waals surface area contributed by atoms with Gasteiger partial charge in [0.2, 0.25) is 5.91 Å². The third kappa shape index (κ3) is 4.43. The molecule has 0 unspecified atom stereocenters. The number of halogens is 1. The Morgan fingerprint density at radius 1 is 1.24 bits per heavy atom. The van der Waals surface area contributed by atoms with Crippen molar-refractivity contribution in [3.05, 3.63) is 69.7 Å². The van der Waals surface area contributed by atoms with E-state index in [9.17, 15) is 9.59 Å². The average Bonchev–Trinajstić information content (AvgIpc) is 2.54. The summed E-state index contributed by atoms with van der Waals surface area (Å²) in [5.41, 5.74) is 1.10. The molecule has 0 aliphatic carbocycles.